The second-order valence-corrected chi connectivity index (χ2v) is 15.4. The first-order valence-electron chi connectivity index (χ1n) is 15.1. The maximum atomic E-state index is 14.0. The average molecular weight is 601 g/mol. The summed E-state index contributed by atoms with van der Waals surface area (Å²) in [6, 6.07) is 5.66. The first-order valence-corrected chi connectivity index (χ1v) is 16.7. The highest BCUT2D eigenvalue weighted by atomic mass is 32.2. The van der Waals surface area contributed by atoms with Crippen molar-refractivity contribution in [2.24, 2.45) is 11.3 Å². The van der Waals surface area contributed by atoms with Crippen LogP contribution in [0.25, 0.3) is 0 Å². The summed E-state index contributed by atoms with van der Waals surface area (Å²) in [6.45, 7) is 9.22. The Morgan fingerprint density at radius 3 is 2.40 bits per heavy atom. The van der Waals surface area contributed by atoms with E-state index in [-0.39, 0.29) is 37.1 Å². The Morgan fingerprint density at radius 2 is 1.76 bits per heavy atom. The third kappa shape index (κ3) is 6.86. The number of amides is 2. The molecule has 42 heavy (non-hydrogen) atoms. The zero-order chi connectivity index (χ0) is 30.2. The summed E-state index contributed by atoms with van der Waals surface area (Å²) >= 11 is 0. The number of hydrogen-bond donors (Lipinski definition) is 2. The Labute approximate surface area is 248 Å². The van der Waals surface area contributed by atoms with E-state index in [0.29, 0.717) is 36.1 Å². The van der Waals surface area contributed by atoms with Gasteiger partial charge in [-0.15, -0.1) is 5.10 Å². The molecule has 1 saturated carbocycles. The molecular formula is C30H44N6O5S. The van der Waals surface area contributed by atoms with Gasteiger partial charge in [0.2, 0.25) is 21.8 Å². The van der Waals surface area contributed by atoms with Crippen molar-refractivity contribution >= 4 is 21.8 Å². The van der Waals surface area contributed by atoms with Crippen LogP contribution in [0.2, 0.25) is 0 Å². The SMILES string of the molecule is CC1CCN(S(=O)(=O)Cc2ccccc2CNC(=O)C2CC(O)CN2C(=O)[C@@H](n2cc(C3CC3)nn2)C(C)(C)C)CC1. The molecular weight excluding hydrogens is 556 g/mol. The van der Waals surface area contributed by atoms with Crippen molar-refractivity contribution in [2.45, 2.75) is 96.2 Å². The lowest BCUT2D eigenvalue weighted by atomic mass is 9.85. The van der Waals surface area contributed by atoms with Gasteiger partial charge < -0.3 is 15.3 Å². The van der Waals surface area contributed by atoms with Gasteiger partial charge in [0, 0.05) is 44.7 Å². The molecule has 230 valence electrons. The second-order valence-electron chi connectivity index (χ2n) is 13.4. The largest absolute Gasteiger partial charge is 0.391 e. The molecule has 0 spiro atoms. The van der Waals surface area contributed by atoms with Crippen LogP contribution in [-0.4, -0.2) is 81.3 Å². The molecule has 5 rings (SSSR count). The van der Waals surface area contributed by atoms with Crippen molar-refractivity contribution in [3.63, 3.8) is 0 Å². The molecule has 11 nitrogen and oxygen atoms in total. The molecule has 2 N–H and O–H groups in total. The number of benzene rings is 1. The zero-order valence-corrected chi connectivity index (χ0v) is 25.9. The van der Waals surface area contributed by atoms with Gasteiger partial charge in [-0.3, -0.25) is 9.59 Å². The minimum absolute atomic E-state index is 0.0525. The molecule has 2 aromatic rings. The number of carbonyl (C=O) groups excluding carboxylic acids is 2. The van der Waals surface area contributed by atoms with Crippen molar-refractivity contribution in [2.75, 3.05) is 19.6 Å². The molecule has 3 fully saturated rings. The first-order chi connectivity index (χ1) is 19.8. The van der Waals surface area contributed by atoms with Gasteiger partial charge in [-0.1, -0.05) is 57.2 Å². The van der Waals surface area contributed by atoms with Crippen molar-refractivity contribution < 1.29 is 23.1 Å². The molecule has 2 amide bonds. The second kappa shape index (κ2) is 12.0. The zero-order valence-electron chi connectivity index (χ0n) is 25.1. The number of sulfonamides is 1. The molecule has 2 saturated heterocycles. The summed E-state index contributed by atoms with van der Waals surface area (Å²) in [6.07, 6.45) is 4.99. The van der Waals surface area contributed by atoms with Gasteiger partial charge in [0.05, 0.1) is 17.6 Å². The fourth-order valence-corrected chi connectivity index (χ4v) is 7.67. The van der Waals surface area contributed by atoms with Crippen LogP contribution in [0.5, 0.6) is 0 Å². The Bertz CT molecular complexity index is 1390. The summed E-state index contributed by atoms with van der Waals surface area (Å²) in [5.41, 5.74) is 1.71. The lowest BCUT2D eigenvalue weighted by Crippen LogP contribution is -2.50. The van der Waals surface area contributed by atoms with Crippen LogP contribution in [0.3, 0.4) is 0 Å². The summed E-state index contributed by atoms with van der Waals surface area (Å²) < 4.78 is 29.5. The number of nitrogens with one attached hydrogen (secondary N) is 1. The summed E-state index contributed by atoms with van der Waals surface area (Å²) in [5.74, 6) is 0.118. The number of aliphatic hydroxyl groups excluding tert-OH is 1. The fraction of sp³-hybridized carbons (Fsp3) is 0.667. The van der Waals surface area contributed by atoms with Crippen LogP contribution in [0.15, 0.2) is 30.5 Å². The van der Waals surface area contributed by atoms with E-state index in [4.69, 9.17) is 0 Å². The van der Waals surface area contributed by atoms with Crippen LogP contribution >= 0.6 is 0 Å². The third-order valence-electron chi connectivity index (χ3n) is 8.75. The van der Waals surface area contributed by atoms with Crippen molar-refractivity contribution in [3.05, 3.63) is 47.3 Å². The number of rotatable bonds is 9. The average Bonchev–Trinajstić information content (AvgIpc) is 3.53. The van der Waals surface area contributed by atoms with Crippen LogP contribution in [0, 0.1) is 11.3 Å². The van der Waals surface area contributed by atoms with E-state index in [9.17, 15) is 23.1 Å². The van der Waals surface area contributed by atoms with Gasteiger partial charge in [-0.05, 0) is 48.1 Å². The van der Waals surface area contributed by atoms with E-state index in [0.717, 1.165) is 31.4 Å². The number of nitrogens with zero attached hydrogens (tertiary/aromatic N) is 5. The molecule has 12 heteroatoms. The Balaban J connectivity index is 1.28. The van der Waals surface area contributed by atoms with Crippen LogP contribution < -0.4 is 5.32 Å². The van der Waals surface area contributed by atoms with E-state index in [1.807, 2.05) is 39.1 Å². The highest BCUT2D eigenvalue weighted by molar-refractivity contribution is 7.88. The highest BCUT2D eigenvalue weighted by Gasteiger charge is 2.45. The lowest BCUT2D eigenvalue weighted by molar-refractivity contribution is -0.144. The molecule has 1 aromatic heterocycles. The number of piperidine rings is 1. The summed E-state index contributed by atoms with van der Waals surface area (Å²) in [5, 5.41) is 22.0. The van der Waals surface area contributed by atoms with Gasteiger partial charge >= 0.3 is 0 Å². The van der Waals surface area contributed by atoms with E-state index in [1.54, 1.807) is 21.1 Å². The highest BCUT2D eigenvalue weighted by Crippen LogP contribution is 2.40. The Morgan fingerprint density at radius 1 is 1.10 bits per heavy atom. The number of hydrogen-bond acceptors (Lipinski definition) is 7. The van der Waals surface area contributed by atoms with Gasteiger partial charge in [0.15, 0.2) is 0 Å². The molecule has 2 aliphatic heterocycles. The molecule has 0 radical (unpaired) electrons. The minimum Gasteiger partial charge on any atom is -0.391 e. The number of aliphatic hydroxyl groups is 1. The summed E-state index contributed by atoms with van der Waals surface area (Å²) in [7, 11) is -3.49. The third-order valence-corrected chi connectivity index (χ3v) is 10.6. The van der Waals surface area contributed by atoms with Crippen LogP contribution in [0.4, 0.5) is 0 Å². The monoisotopic (exact) mass is 600 g/mol. The van der Waals surface area contributed by atoms with Crippen LogP contribution in [0.1, 0.15) is 88.6 Å². The topological polar surface area (TPSA) is 138 Å². The van der Waals surface area contributed by atoms with Gasteiger partial charge in [0.25, 0.3) is 0 Å². The van der Waals surface area contributed by atoms with E-state index in [1.165, 1.54) is 4.90 Å². The number of carbonyl (C=O) groups is 2. The molecule has 3 atom stereocenters. The van der Waals surface area contributed by atoms with E-state index < -0.39 is 33.6 Å². The molecule has 0 bridgehead atoms. The van der Waals surface area contributed by atoms with Crippen molar-refractivity contribution in [1.82, 2.24) is 29.5 Å². The Hall–Kier alpha value is -2.83. The van der Waals surface area contributed by atoms with Gasteiger partial charge in [0.1, 0.15) is 12.1 Å². The molecule has 1 aliphatic carbocycles. The first kappa shape index (κ1) is 30.6. The molecule has 3 heterocycles. The lowest BCUT2D eigenvalue weighted by Gasteiger charge is -2.34. The molecule has 1 aromatic carbocycles. The fourth-order valence-electron chi connectivity index (χ4n) is 6.05. The van der Waals surface area contributed by atoms with E-state index >= 15 is 0 Å². The normalized spacial score (nSPS) is 23.2. The predicted octanol–water partition coefficient (Wildman–Crippen LogP) is 2.58. The number of likely N-dealkylation sites (tertiary alicyclic amines) is 1. The van der Waals surface area contributed by atoms with Crippen molar-refractivity contribution in [1.29, 1.82) is 0 Å². The quantitative estimate of drug-likeness (QED) is 0.451. The predicted molar refractivity (Wildman–Crippen MR) is 157 cm³/mol. The summed E-state index contributed by atoms with van der Waals surface area (Å²) in [4.78, 5) is 28.9. The standard InChI is InChI=1S/C30H44N6O5S/c1-20-11-13-34(14-12-20)42(40,41)19-23-8-6-5-7-22(23)16-31-28(38)26-15-24(37)17-35(26)29(39)27(30(2,3)4)36-18-25(32-33-36)21-9-10-21/h5-8,18,20-21,24,26-27,37H,9-17,19H2,1-4H3,(H,31,38)/t24?,26?,27-/m1/s1. The number of aromatic nitrogens is 3. The molecule has 2 unspecified atom stereocenters. The number of β-amino-alcohol motifs (C(OH)–C–C–N with tert-alkyl or cyclic N) is 1. The van der Waals surface area contributed by atoms with Gasteiger partial charge in [-0.2, -0.15) is 0 Å². The smallest absolute Gasteiger partial charge is 0.248 e. The minimum atomic E-state index is -3.49. The van der Waals surface area contributed by atoms with Crippen molar-refractivity contribution in [3.8, 4) is 0 Å². The van der Waals surface area contributed by atoms with Gasteiger partial charge in [-0.25, -0.2) is 17.4 Å². The maximum Gasteiger partial charge on any atom is 0.248 e. The maximum absolute atomic E-state index is 14.0. The molecule has 3 aliphatic rings. The van der Waals surface area contributed by atoms with E-state index in [2.05, 4.69) is 22.6 Å². The van der Waals surface area contributed by atoms with Crippen LogP contribution in [-0.2, 0) is 31.9 Å². The Kier molecular flexibility index (Phi) is 8.78.